The molecule has 1 amide bonds. The van der Waals surface area contributed by atoms with Gasteiger partial charge in [0, 0.05) is 27.2 Å². The second kappa shape index (κ2) is 6.35. The highest BCUT2D eigenvalue weighted by molar-refractivity contribution is 5.78. The molecular weight excluding hydrogens is 233 g/mol. The Morgan fingerprint density at radius 2 is 2.22 bits per heavy atom. The summed E-state index contributed by atoms with van der Waals surface area (Å²) in [6.45, 7) is 2.51. The van der Waals surface area contributed by atoms with Crippen LogP contribution in [0, 0.1) is 11.7 Å². The van der Waals surface area contributed by atoms with Crippen LogP contribution in [0.5, 0.6) is 0 Å². The summed E-state index contributed by atoms with van der Waals surface area (Å²) in [5.74, 6) is -0.595. The number of carbonyl (C=O) groups excluding carboxylic acids is 1. The Labute approximate surface area is 107 Å². The minimum atomic E-state index is -0.315. The lowest BCUT2D eigenvalue weighted by molar-refractivity contribution is -0.123. The number of nitrogens with two attached hydrogens (primary N) is 1. The molecule has 0 aromatic heterocycles. The molecule has 0 saturated carbocycles. The van der Waals surface area contributed by atoms with Crippen LogP contribution in [0.3, 0.4) is 0 Å². The van der Waals surface area contributed by atoms with Crippen LogP contribution >= 0.6 is 0 Å². The number of nitrogens with zero attached hydrogens (tertiary/aromatic N) is 1. The second-order valence-corrected chi connectivity index (χ2v) is 4.35. The zero-order valence-corrected chi connectivity index (χ0v) is 11.0. The molecule has 0 heterocycles. The molecule has 0 saturated heterocycles. The first-order valence-corrected chi connectivity index (χ1v) is 5.91. The quantitative estimate of drug-likeness (QED) is 0.826. The summed E-state index contributed by atoms with van der Waals surface area (Å²) in [6, 6.07) is 4.83. The Balaban J connectivity index is 2.90. The van der Waals surface area contributed by atoms with E-state index in [-0.39, 0.29) is 24.2 Å². The van der Waals surface area contributed by atoms with Gasteiger partial charge in [-0.15, -0.1) is 0 Å². The Kier molecular flexibility index (Phi) is 5.09. The van der Waals surface area contributed by atoms with Gasteiger partial charge in [-0.25, -0.2) is 4.39 Å². The molecule has 1 aromatic rings. The average Bonchev–Trinajstić information content (AvgIpc) is 2.36. The fraction of sp³-hybridized carbons (Fsp3) is 0.462. The molecule has 1 aromatic carbocycles. The topological polar surface area (TPSA) is 58.4 Å². The van der Waals surface area contributed by atoms with Gasteiger partial charge in [0.1, 0.15) is 5.82 Å². The highest BCUT2D eigenvalue weighted by atomic mass is 19.1. The van der Waals surface area contributed by atoms with Gasteiger partial charge < -0.3 is 16.0 Å². The molecule has 100 valence electrons. The predicted molar refractivity (Wildman–Crippen MR) is 70.8 cm³/mol. The lowest BCUT2D eigenvalue weighted by atomic mass is 10.1. The van der Waals surface area contributed by atoms with Gasteiger partial charge in [-0.2, -0.15) is 0 Å². The van der Waals surface area contributed by atoms with E-state index in [1.807, 2.05) is 0 Å². The van der Waals surface area contributed by atoms with Crippen molar-refractivity contribution in [1.82, 2.24) is 5.32 Å². The first-order chi connectivity index (χ1) is 8.51. The summed E-state index contributed by atoms with van der Waals surface area (Å²) in [6.07, 6.45) is 0. The van der Waals surface area contributed by atoms with Crippen molar-refractivity contribution in [1.29, 1.82) is 0 Å². The molecule has 1 rings (SSSR count). The van der Waals surface area contributed by atoms with Crippen LogP contribution in [0.15, 0.2) is 18.2 Å². The van der Waals surface area contributed by atoms with Crippen LogP contribution in [0.2, 0.25) is 0 Å². The van der Waals surface area contributed by atoms with E-state index in [4.69, 9.17) is 5.73 Å². The number of benzene rings is 1. The van der Waals surface area contributed by atoms with E-state index in [0.29, 0.717) is 12.2 Å². The van der Waals surface area contributed by atoms with Gasteiger partial charge in [0.15, 0.2) is 0 Å². The highest BCUT2D eigenvalue weighted by Gasteiger charge is 2.17. The first kappa shape index (κ1) is 14.4. The summed E-state index contributed by atoms with van der Waals surface area (Å²) in [5, 5.41) is 2.58. The van der Waals surface area contributed by atoms with Gasteiger partial charge in [-0.05, 0) is 11.6 Å². The van der Waals surface area contributed by atoms with Crippen molar-refractivity contribution < 1.29 is 9.18 Å². The number of hydrogen-bond acceptors (Lipinski definition) is 3. The molecule has 1 unspecified atom stereocenters. The van der Waals surface area contributed by atoms with Crippen molar-refractivity contribution in [2.75, 3.05) is 25.5 Å². The molecule has 0 radical (unpaired) electrons. The zero-order chi connectivity index (χ0) is 13.7. The summed E-state index contributed by atoms with van der Waals surface area (Å²) < 4.78 is 13.8. The third-order valence-electron chi connectivity index (χ3n) is 2.91. The van der Waals surface area contributed by atoms with E-state index in [0.717, 1.165) is 5.56 Å². The standard InChI is InChI=1S/C13H20FN3O/c1-9(13(18)16-2)8-17(3)12-10(7-15)5-4-6-11(12)14/h4-6,9H,7-8,15H2,1-3H3,(H,16,18). The van der Waals surface area contributed by atoms with Gasteiger partial charge in [0.05, 0.1) is 11.6 Å². The average molecular weight is 253 g/mol. The van der Waals surface area contributed by atoms with Crippen LogP contribution in [0.4, 0.5) is 10.1 Å². The van der Waals surface area contributed by atoms with Crippen molar-refractivity contribution in [3.63, 3.8) is 0 Å². The van der Waals surface area contributed by atoms with E-state index in [1.165, 1.54) is 6.07 Å². The van der Waals surface area contributed by atoms with Crippen molar-refractivity contribution in [2.45, 2.75) is 13.5 Å². The number of para-hydroxylation sites is 1. The summed E-state index contributed by atoms with van der Waals surface area (Å²) in [5.41, 5.74) is 6.81. The second-order valence-electron chi connectivity index (χ2n) is 4.35. The predicted octanol–water partition coefficient (Wildman–Crippen LogP) is 1.10. The van der Waals surface area contributed by atoms with Crippen LogP contribution in [-0.2, 0) is 11.3 Å². The largest absolute Gasteiger partial charge is 0.371 e. The maximum absolute atomic E-state index is 13.8. The Hall–Kier alpha value is -1.62. The Bertz CT molecular complexity index is 423. The van der Waals surface area contributed by atoms with Gasteiger partial charge in [0.2, 0.25) is 5.91 Å². The maximum atomic E-state index is 13.8. The van der Waals surface area contributed by atoms with E-state index >= 15 is 0 Å². The highest BCUT2D eigenvalue weighted by Crippen LogP contribution is 2.23. The Morgan fingerprint density at radius 3 is 2.78 bits per heavy atom. The molecule has 1 atom stereocenters. The lowest BCUT2D eigenvalue weighted by Crippen LogP contribution is -2.35. The number of carbonyl (C=O) groups is 1. The van der Waals surface area contributed by atoms with E-state index in [2.05, 4.69) is 5.32 Å². The minimum absolute atomic E-state index is 0.0625. The van der Waals surface area contributed by atoms with Crippen LogP contribution in [0.1, 0.15) is 12.5 Å². The number of hydrogen-bond donors (Lipinski definition) is 2. The normalized spacial score (nSPS) is 12.1. The van der Waals surface area contributed by atoms with Crippen molar-refractivity contribution >= 4 is 11.6 Å². The van der Waals surface area contributed by atoms with Crippen molar-refractivity contribution in [2.24, 2.45) is 11.7 Å². The lowest BCUT2D eigenvalue weighted by Gasteiger charge is -2.25. The van der Waals surface area contributed by atoms with E-state index < -0.39 is 0 Å². The van der Waals surface area contributed by atoms with Crippen LogP contribution in [0.25, 0.3) is 0 Å². The molecule has 0 aliphatic rings. The molecule has 5 heteroatoms. The van der Waals surface area contributed by atoms with Crippen LogP contribution < -0.4 is 16.0 Å². The summed E-state index contributed by atoms with van der Waals surface area (Å²) >= 11 is 0. The summed E-state index contributed by atoms with van der Waals surface area (Å²) in [7, 11) is 3.35. The first-order valence-electron chi connectivity index (χ1n) is 5.91. The number of nitrogens with one attached hydrogen (secondary N) is 1. The van der Waals surface area contributed by atoms with E-state index in [1.54, 1.807) is 38.1 Å². The minimum Gasteiger partial charge on any atom is -0.371 e. The van der Waals surface area contributed by atoms with Gasteiger partial charge in [-0.3, -0.25) is 4.79 Å². The number of halogens is 1. The smallest absolute Gasteiger partial charge is 0.224 e. The fourth-order valence-electron chi connectivity index (χ4n) is 1.98. The molecule has 0 spiro atoms. The molecule has 0 fully saturated rings. The van der Waals surface area contributed by atoms with Gasteiger partial charge in [-0.1, -0.05) is 19.1 Å². The van der Waals surface area contributed by atoms with Gasteiger partial charge >= 0.3 is 0 Å². The molecule has 3 N–H and O–H groups in total. The van der Waals surface area contributed by atoms with Crippen molar-refractivity contribution in [3.05, 3.63) is 29.6 Å². The third kappa shape index (κ3) is 3.20. The zero-order valence-electron chi connectivity index (χ0n) is 11.0. The monoisotopic (exact) mass is 253 g/mol. The SMILES string of the molecule is CNC(=O)C(C)CN(C)c1c(F)cccc1CN. The van der Waals surface area contributed by atoms with Gasteiger partial charge in [0.25, 0.3) is 0 Å². The molecule has 0 aliphatic carbocycles. The molecule has 18 heavy (non-hydrogen) atoms. The fourth-order valence-corrected chi connectivity index (χ4v) is 1.98. The Morgan fingerprint density at radius 1 is 1.56 bits per heavy atom. The molecule has 0 aliphatic heterocycles. The molecule has 4 nitrogen and oxygen atoms in total. The van der Waals surface area contributed by atoms with Crippen LogP contribution in [-0.4, -0.2) is 26.5 Å². The number of rotatable bonds is 5. The maximum Gasteiger partial charge on any atom is 0.224 e. The summed E-state index contributed by atoms with van der Waals surface area (Å²) in [4.78, 5) is 13.2. The number of anilines is 1. The number of amides is 1. The van der Waals surface area contributed by atoms with Crippen molar-refractivity contribution in [3.8, 4) is 0 Å². The van der Waals surface area contributed by atoms with E-state index in [9.17, 15) is 9.18 Å². The molecular formula is C13H20FN3O. The molecule has 0 bridgehead atoms. The third-order valence-corrected chi connectivity index (χ3v) is 2.91.